The number of allylic oxidation sites excluding steroid dienone is 1. The van der Waals surface area contributed by atoms with Gasteiger partial charge in [-0.2, -0.15) is 0 Å². The normalized spacial score (nSPS) is 10.8. The number of phenolic OH excluding ortho intramolecular Hbond substituents is 1. The first-order chi connectivity index (χ1) is 9.08. The smallest absolute Gasteiger partial charge is 0.189 e. The third-order valence-electron chi connectivity index (χ3n) is 3.02. The Labute approximate surface area is 113 Å². The Balaban J connectivity index is 2.26. The van der Waals surface area contributed by atoms with Crippen LogP contribution in [0.5, 0.6) is 5.75 Å². The van der Waals surface area contributed by atoms with Crippen molar-refractivity contribution >= 4 is 11.9 Å². The van der Waals surface area contributed by atoms with Gasteiger partial charge in [-0.05, 0) is 43.2 Å². The molecule has 0 radical (unpaired) electrons. The molecule has 2 aromatic rings. The van der Waals surface area contributed by atoms with Crippen LogP contribution < -0.4 is 0 Å². The molecule has 96 valence electrons. The highest BCUT2D eigenvalue weighted by atomic mass is 16.3. The predicted octanol–water partition coefficient (Wildman–Crippen LogP) is 3.91. The molecule has 0 aliphatic carbocycles. The van der Waals surface area contributed by atoms with E-state index >= 15 is 0 Å². The zero-order valence-electron chi connectivity index (χ0n) is 11.1. The first-order valence-electron chi connectivity index (χ1n) is 6.15. The van der Waals surface area contributed by atoms with Crippen molar-refractivity contribution in [3.05, 3.63) is 70.8 Å². The molecule has 1 N–H and O–H groups in total. The SMILES string of the molecule is Cc1ccc(O)c(C(=O)/C=C/c2ccccc2C)c1. The van der Waals surface area contributed by atoms with Gasteiger partial charge in [-0.15, -0.1) is 0 Å². The van der Waals surface area contributed by atoms with Crippen LogP contribution in [0, 0.1) is 13.8 Å². The van der Waals surface area contributed by atoms with Crippen molar-refractivity contribution in [3.8, 4) is 5.75 Å². The molecule has 0 bridgehead atoms. The molecule has 0 atom stereocenters. The maximum Gasteiger partial charge on any atom is 0.189 e. The summed E-state index contributed by atoms with van der Waals surface area (Å²) in [6.07, 6.45) is 3.27. The number of benzene rings is 2. The summed E-state index contributed by atoms with van der Waals surface area (Å²) in [5.41, 5.74) is 3.40. The van der Waals surface area contributed by atoms with Crippen molar-refractivity contribution in [1.82, 2.24) is 0 Å². The summed E-state index contributed by atoms with van der Waals surface area (Å²) < 4.78 is 0. The van der Waals surface area contributed by atoms with Gasteiger partial charge in [0.1, 0.15) is 5.75 Å². The first kappa shape index (κ1) is 13.1. The Morgan fingerprint density at radius 1 is 1.11 bits per heavy atom. The van der Waals surface area contributed by atoms with Gasteiger partial charge in [0.15, 0.2) is 5.78 Å². The van der Waals surface area contributed by atoms with Crippen LogP contribution in [0.1, 0.15) is 27.0 Å². The summed E-state index contributed by atoms with van der Waals surface area (Å²) in [7, 11) is 0. The lowest BCUT2D eigenvalue weighted by Gasteiger charge is -2.02. The van der Waals surface area contributed by atoms with Gasteiger partial charge in [0.25, 0.3) is 0 Å². The Kier molecular flexibility index (Phi) is 3.81. The van der Waals surface area contributed by atoms with E-state index in [0.29, 0.717) is 5.56 Å². The third-order valence-corrected chi connectivity index (χ3v) is 3.02. The number of aryl methyl sites for hydroxylation is 2. The minimum absolute atomic E-state index is 0.0185. The molecule has 0 saturated heterocycles. The van der Waals surface area contributed by atoms with E-state index in [4.69, 9.17) is 0 Å². The molecule has 0 heterocycles. The lowest BCUT2D eigenvalue weighted by atomic mass is 10.0. The second-order valence-electron chi connectivity index (χ2n) is 4.57. The highest BCUT2D eigenvalue weighted by molar-refractivity contribution is 6.08. The molecular formula is C17H16O2. The molecule has 0 amide bonds. The lowest BCUT2D eigenvalue weighted by Crippen LogP contribution is -1.95. The quantitative estimate of drug-likeness (QED) is 0.664. The van der Waals surface area contributed by atoms with Crippen molar-refractivity contribution in [1.29, 1.82) is 0 Å². The molecule has 0 aromatic heterocycles. The van der Waals surface area contributed by atoms with E-state index in [0.717, 1.165) is 16.7 Å². The van der Waals surface area contributed by atoms with E-state index in [2.05, 4.69) is 0 Å². The molecule has 2 aromatic carbocycles. The van der Waals surface area contributed by atoms with Crippen molar-refractivity contribution in [2.24, 2.45) is 0 Å². The summed E-state index contributed by atoms with van der Waals surface area (Å²) in [4.78, 5) is 12.1. The standard InChI is InChI=1S/C17H16O2/c1-12-7-9-16(18)15(11-12)17(19)10-8-14-6-4-3-5-13(14)2/h3-11,18H,1-2H3/b10-8+. The zero-order chi connectivity index (χ0) is 13.8. The molecule has 19 heavy (non-hydrogen) atoms. The molecule has 0 unspecified atom stereocenters. The molecular weight excluding hydrogens is 236 g/mol. The number of aromatic hydroxyl groups is 1. The molecule has 2 rings (SSSR count). The summed E-state index contributed by atoms with van der Waals surface area (Å²) in [6.45, 7) is 3.88. The van der Waals surface area contributed by atoms with Crippen LogP contribution in [0.25, 0.3) is 6.08 Å². The van der Waals surface area contributed by atoms with E-state index in [9.17, 15) is 9.90 Å². The summed E-state index contributed by atoms with van der Waals surface area (Å²) >= 11 is 0. The summed E-state index contributed by atoms with van der Waals surface area (Å²) in [5, 5.41) is 9.70. The molecule has 2 nitrogen and oxygen atoms in total. The average Bonchev–Trinajstić information content (AvgIpc) is 2.40. The number of hydrogen-bond donors (Lipinski definition) is 1. The Morgan fingerprint density at radius 2 is 1.84 bits per heavy atom. The molecule has 0 aliphatic heterocycles. The number of hydrogen-bond acceptors (Lipinski definition) is 2. The average molecular weight is 252 g/mol. The molecule has 0 spiro atoms. The fourth-order valence-corrected chi connectivity index (χ4v) is 1.88. The topological polar surface area (TPSA) is 37.3 Å². The number of rotatable bonds is 3. The highest BCUT2D eigenvalue weighted by Crippen LogP contribution is 2.19. The van der Waals surface area contributed by atoms with E-state index < -0.39 is 0 Å². The monoisotopic (exact) mass is 252 g/mol. The van der Waals surface area contributed by atoms with E-state index in [1.165, 1.54) is 6.08 Å². The Morgan fingerprint density at radius 3 is 2.58 bits per heavy atom. The van der Waals surface area contributed by atoms with Crippen molar-refractivity contribution < 1.29 is 9.90 Å². The van der Waals surface area contributed by atoms with Crippen LogP contribution >= 0.6 is 0 Å². The Bertz CT molecular complexity index is 639. The zero-order valence-corrected chi connectivity index (χ0v) is 11.1. The van der Waals surface area contributed by atoms with Crippen molar-refractivity contribution in [2.45, 2.75) is 13.8 Å². The fraction of sp³-hybridized carbons (Fsp3) is 0.118. The van der Waals surface area contributed by atoms with Gasteiger partial charge in [-0.3, -0.25) is 4.79 Å². The van der Waals surface area contributed by atoms with Crippen LogP contribution in [-0.2, 0) is 0 Å². The fourth-order valence-electron chi connectivity index (χ4n) is 1.88. The minimum atomic E-state index is -0.190. The van der Waals surface area contributed by atoms with Gasteiger partial charge in [-0.1, -0.05) is 42.0 Å². The molecule has 2 heteroatoms. The highest BCUT2D eigenvalue weighted by Gasteiger charge is 2.08. The van der Waals surface area contributed by atoms with E-state index in [1.54, 1.807) is 24.3 Å². The van der Waals surface area contributed by atoms with Gasteiger partial charge >= 0.3 is 0 Å². The van der Waals surface area contributed by atoms with Gasteiger partial charge < -0.3 is 5.11 Å². The second-order valence-corrected chi connectivity index (χ2v) is 4.57. The third kappa shape index (κ3) is 3.10. The Hall–Kier alpha value is -2.35. The largest absolute Gasteiger partial charge is 0.507 e. The second kappa shape index (κ2) is 5.53. The van der Waals surface area contributed by atoms with Crippen LogP contribution in [0.2, 0.25) is 0 Å². The van der Waals surface area contributed by atoms with Crippen LogP contribution in [0.3, 0.4) is 0 Å². The maximum absolute atomic E-state index is 12.1. The van der Waals surface area contributed by atoms with Crippen molar-refractivity contribution in [2.75, 3.05) is 0 Å². The number of carbonyl (C=O) groups is 1. The predicted molar refractivity (Wildman–Crippen MR) is 77.4 cm³/mol. The number of ketones is 1. The van der Waals surface area contributed by atoms with Crippen LogP contribution in [-0.4, -0.2) is 10.9 Å². The van der Waals surface area contributed by atoms with Crippen LogP contribution in [0.15, 0.2) is 48.5 Å². The number of phenols is 1. The van der Waals surface area contributed by atoms with Gasteiger partial charge in [0.2, 0.25) is 0 Å². The van der Waals surface area contributed by atoms with Crippen LogP contribution in [0.4, 0.5) is 0 Å². The van der Waals surface area contributed by atoms with Gasteiger partial charge in [0.05, 0.1) is 5.56 Å². The number of carbonyl (C=O) groups excluding carboxylic acids is 1. The van der Waals surface area contributed by atoms with Gasteiger partial charge in [0, 0.05) is 0 Å². The molecule has 0 aliphatic rings. The minimum Gasteiger partial charge on any atom is -0.507 e. The summed E-state index contributed by atoms with van der Waals surface area (Å²) in [6, 6.07) is 12.9. The van der Waals surface area contributed by atoms with E-state index in [-0.39, 0.29) is 11.5 Å². The summed E-state index contributed by atoms with van der Waals surface area (Å²) in [5.74, 6) is -0.172. The maximum atomic E-state index is 12.1. The van der Waals surface area contributed by atoms with Crippen molar-refractivity contribution in [3.63, 3.8) is 0 Å². The lowest BCUT2D eigenvalue weighted by molar-refractivity contribution is 0.104. The molecule has 0 saturated carbocycles. The van der Waals surface area contributed by atoms with E-state index in [1.807, 2.05) is 38.1 Å². The molecule has 0 fully saturated rings. The van der Waals surface area contributed by atoms with Gasteiger partial charge in [-0.25, -0.2) is 0 Å². The first-order valence-corrected chi connectivity index (χ1v) is 6.15.